The Hall–Kier alpha value is -2.26. The average molecular weight is 589 g/mol. The van der Waals surface area contributed by atoms with Gasteiger partial charge in [0.1, 0.15) is 5.82 Å². The molecule has 5 nitrogen and oxygen atoms in total. The van der Waals surface area contributed by atoms with E-state index in [4.69, 9.17) is 0 Å². The molecular formula is C24H22BrIN4O. The number of hydrogen-bond acceptors (Lipinski definition) is 3. The SMILES string of the molecule is CCc1nc2ccc(Br)cc2c(=O)n1N=Cc1cc(C)n(-c2ccc(I)c(C)c2)c1C. The predicted molar refractivity (Wildman–Crippen MR) is 139 cm³/mol. The molecule has 4 aromatic rings. The molecule has 2 aromatic heterocycles. The second-order valence-corrected chi connectivity index (χ2v) is 9.58. The normalized spacial score (nSPS) is 11.7. The third-order valence-electron chi connectivity index (χ3n) is 5.37. The Kier molecular flexibility index (Phi) is 6.16. The van der Waals surface area contributed by atoms with Crippen LogP contribution < -0.4 is 5.56 Å². The number of aromatic nitrogens is 3. The first-order valence-electron chi connectivity index (χ1n) is 10.0. The number of hydrogen-bond donors (Lipinski definition) is 0. The van der Waals surface area contributed by atoms with Crippen molar-refractivity contribution in [2.24, 2.45) is 5.10 Å². The summed E-state index contributed by atoms with van der Waals surface area (Å²) in [5.74, 6) is 0.637. The van der Waals surface area contributed by atoms with E-state index in [0.717, 1.165) is 27.1 Å². The van der Waals surface area contributed by atoms with Gasteiger partial charge in [-0.1, -0.05) is 22.9 Å². The molecule has 0 fully saturated rings. The Bertz CT molecular complexity index is 1400. The van der Waals surface area contributed by atoms with Gasteiger partial charge in [-0.25, -0.2) is 4.98 Å². The number of aryl methyl sites for hydroxylation is 3. The Morgan fingerprint density at radius 3 is 2.61 bits per heavy atom. The fraction of sp³-hybridized carbons (Fsp3) is 0.208. The molecule has 158 valence electrons. The summed E-state index contributed by atoms with van der Waals surface area (Å²) in [6.45, 7) is 8.24. The van der Waals surface area contributed by atoms with E-state index in [9.17, 15) is 4.79 Å². The molecule has 0 aliphatic heterocycles. The molecule has 0 amide bonds. The van der Waals surface area contributed by atoms with E-state index in [2.05, 4.69) is 98.2 Å². The van der Waals surface area contributed by atoms with E-state index in [1.54, 1.807) is 12.3 Å². The monoisotopic (exact) mass is 588 g/mol. The minimum atomic E-state index is -0.165. The van der Waals surface area contributed by atoms with Crippen molar-refractivity contribution in [1.82, 2.24) is 14.2 Å². The molecule has 7 heteroatoms. The van der Waals surface area contributed by atoms with Crippen LogP contribution in [0.4, 0.5) is 0 Å². The third kappa shape index (κ3) is 4.13. The maximum atomic E-state index is 13.1. The highest BCUT2D eigenvalue weighted by Crippen LogP contribution is 2.23. The molecule has 0 unspecified atom stereocenters. The van der Waals surface area contributed by atoms with Crippen molar-refractivity contribution in [2.45, 2.75) is 34.1 Å². The minimum absolute atomic E-state index is 0.165. The summed E-state index contributed by atoms with van der Waals surface area (Å²) in [5.41, 5.74) is 6.04. The van der Waals surface area contributed by atoms with Crippen LogP contribution in [-0.4, -0.2) is 20.4 Å². The van der Waals surface area contributed by atoms with Crippen molar-refractivity contribution >= 4 is 55.6 Å². The van der Waals surface area contributed by atoms with Crippen molar-refractivity contribution in [3.8, 4) is 5.69 Å². The van der Waals surface area contributed by atoms with E-state index >= 15 is 0 Å². The van der Waals surface area contributed by atoms with Crippen LogP contribution >= 0.6 is 38.5 Å². The lowest BCUT2D eigenvalue weighted by Gasteiger charge is -2.11. The summed E-state index contributed by atoms with van der Waals surface area (Å²) < 4.78 is 5.71. The van der Waals surface area contributed by atoms with Gasteiger partial charge in [-0.3, -0.25) is 4.79 Å². The highest BCUT2D eigenvalue weighted by Gasteiger charge is 2.12. The van der Waals surface area contributed by atoms with E-state index in [-0.39, 0.29) is 5.56 Å². The van der Waals surface area contributed by atoms with Crippen LogP contribution in [0.25, 0.3) is 16.6 Å². The summed E-state index contributed by atoms with van der Waals surface area (Å²) in [6, 6.07) is 14.1. The van der Waals surface area contributed by atoms with Crippen LogP contribution in [0.2, 0.25) is 0 Å². The van der Waals surface area contributed by atoms with Crippen molar-refractivity contribution in [1.29, 1.82) is 0 Å². The maximum Gasteiger partial charge on any atom is 0.282 e. The Balaban J connectivity index is 1.81. The van der Waals surface area contributed by atoms with E-state index in [0.29, 0.717) is 23.1 Å². The highest BCUT2D eigenvalue weighted by atomic mass is 127. The number of nitrogens with zero attached hydrogens (tertiary/aromatic N) is 4. The molecule has 0 saturated heterocycles. The van der Waals surface area contributed by atoms with Crippen molar-refractivity contribution in [3.63, 3.8) is 0 Å². The highest BCUT2D eigenvalue weighted by molar-refractivity contribution is 14.1. The average Bonchev–Trinajstić information content (AvgIpc) is 3.03. The largest absolute Gasteiger partial charge is 0.318 e. The van der Waals surface area contributed by atoms with Crippen LogP contribution in [0.1, 0.15) is 35.3 Å². The van der Waals surface area contributed by atoms with Gasteiger partial charge >= 0.3 is 0 Å². The molecule has 0 aliphatic rings. The molecule has 0 N–H and O–H groups in total. The summed E-state index contributed by atoms with van der Waals surface area (Å²) in [5, 5.41) is 5.10. The second-order valence-electron chi connectivity index (χ2n) is 7.50. The molecule has 4 rings (SSSR count). The molecule has 2 aromatic carbocycles. The van der Waals surface area contributed by atoms with Crippen LogP contribution in [0.15, 0.2) is 56.8 Å². The fourth-order valence-corrected chi connectivity index (χ4v) is 4.44. The quantitative estimate of drug-likeness (QED) is 0.219. The standard InChI is InChI=1S/C24H22BrIN4O/c1-5-23-28-22-9-6-18(25)12-20(22)24(31)30(23)27-13-17-11-15(3)29(16(17)4)19-7-8-21(26)14(2)10-19/h6-13H,5H2,1-4H3. The van der Waals surface area contributed by atoms with Crippen LogP contribution in [0.3, 0.4) is 0 Å². The van der Waals surface area contributed by atoms with Gasteiger partial charge < -0.3 is 4.57 Å². The van der Waals surface area contributed by atoms with Crippen molar-refractivity contribution < 1.29 is 0 Å². The predicted octanol–water partition coefficient (Wildman–Crippen LogP) is 5.92. The van der Waals surface area contributed by atoms with Crippen LogP contribution in [0.5, 0.6) is 0 Å². The first-order valence-corrected chi connectivity index (χ1v) is 11.9. The zero-order valence-corrected chi connectivity index (χ0v) is 21.5. The van der Waals surface area contributed by atoms with E-state index in [1.807, 2.05) is 19.1 Å². The maximum absolute atomic E-state index is 13.1. The molecule has 0 spiro atoms. The van der Waals surface area contributed by atoms with Crippen molar-refractivity contribution in [2.75, 3.05) is 0 Å². The number of fused-ring (bicyclic) bond motifs is 1. The van der Waals surface area contributed by atoms with Gasteiger partial charge in [-0.2, -0.15) is 9.78 Å². The second kappa shape index (κ2) is 8.70. The molecule has 31 heavy (non-hydrogen) atoms. The summed E-state index contributed by atoms with van der Waals surface area (Å²) in [7, 11) is 0. The van der Waals surface area contributed by atoms with Crippen molar-refractivity contribution in [3.05, 3.63) is 89.2 Å². The summed E-state index contributed by atoms with van der Waals surface area (Å²) in [6.07, 6.45) is 2.37. The Morgan fingerprint density at radius 1 is 1.13 bits per heavy atom. The van der Waals surface area contributed by atoms with Crippen LogP contribution in [0, 0.1) is 24.3 Å². The van der Waals surface area contributed by atoms with Gasteiger partial charge in [0.05, 0.1) is 17.1 Å². The first-order chi connectivity index (χ1) is 14.8. The molecular weight excluding hydrogens is 567 g/mol. The van der Waals surface area contributed by atoms with Gasteiger partial charge in [0, 0.05) is 37.1 Å². The van der Waals surface area contributed by atoms with Gasteiger partial charge in [0.15, 0.2) is 0 Å². The zero-order chi connectivity index (χ0) is 22.3. The third-order valence-corrected chi connectivity index (χ3v) is 7.08. The van der Waals surface area contributed by atoms with Gasteiger partial charge in [-0.15, -0.1) is 0 Å². The zero-order valence-electron chi connectivity index (χ0n) is 17.8. The lowest BCUT2D eigenvalue weighted by molar-refractivity contribution is 0.734. The van der Waals surface area contributed by atoms with Gasteiger partial charge in [-0.05, 0) is 91.4 Å². The van der Waals surface area contributed by atoms with E-state index < -0.39 is 0 Å². The molecule has 0 bridgehead atoms. The molecule has 0 aliphatic carbocycles. The smallest absolute Gasteiger partial charge is 0.282 e. The topological polar surface area (TPSA) is 52.2 Å². The summed E-state index contributed by atoms with van der Waals surface area (Å²) >= 11 is 5.79. The molecule has 0 radical (unpaired) electrons. The molecule has 2 heterocycles. The number of rotatable bonds is 4. The number of benzene rings is 2. The molecule has 0 saturated carbocycles. The lowest BCUT2D eigenvalue weighted by Crippen LogP contribution is -2.22. The van der Waals surface area contributed by atoms with Gasteiger partial charge in [0.25, 0.3) is 5.56 Å². The number of halogens is 2. The minimum Gasteiger partial charge on any atom is -0.318 e. The summed E-state index contributed by atoms with van der Waals surface area (Å²) in [4.78, 5) is 17.8. The lowest BCUT2D eigenvalue weighted by atomic mass is 10.2. The van der Waals surface area contributed by atoms with Crippen LogP contribution in [-0.2, 0) is 6.42 Å². The van der Waals surface area contributed by atoms with Gasteiger partial charge in [0.2, 0.25) is 0 Å². The van der Waals surface area contributed by atoms with E-state index in [1.165, 1.54) is 13.8 Å². The molecule has 0 atom stereocenters. The first kappa shape index (κ1) is 22.0. The fourth-order valence-electron chi connectivity index (χ4n) is 3.75. The Morgan fingerprint density at radius 2 is 1.90 bits per heavy atom. The Labute approximate surface area is 203 Å².